The van der Waals surface area contributed by atoms with E-state index in [2.05, 4.69) is 39.3 Å². The van der Waals surface area contributed by atoms with Crippen LogP contribution < -0.4 is 0 Å². The predicted octanol–water partition coefficient (Wildman–Crippen LogP) is 3.60. The van der Waals surface area contributed by atoms with E-state index in [0.29, 0.717) is 18.3 Å². The lowest BCUT2D eigenvalue weighted by Gasteiger charge is -2.36. The molecule has 2 aliphatic rings. The van der Waals surface area contributed by atoms with Crippen molar-refractivity contribution >= 4 is 17.2 Å². The van der Waals surface area contributed by atoms with Crippen molar-refractivity contribution in [2.24, 2.45) is 5.92 Å². The van der Waals surface area contributed by atoms with Crippen molar-refractivity contribution in [3.63, 3.8) is 0 Å². The van der Waals surface area contributed by atoms with E-state index in [-0.39, 0.29) is 11.8 Å². The molecule has 6 nitrogen and oxygen atoms in total. The molecule has 1 saturated heterocycles. The van der Waals surface area contributed by atoms with Gasteiger partial charge in [-0.1, -0.05) is 35.5 Å². The normalized spacial score (nSPS) is 19.9. The van der Waals surface area contributed by atoms with E-state index in [4.69, 9.17) is 4.52 Å². The summed E-state index contributed by atoms with van der Waals surface area (Å²) in [5.41, 5.74) is 2.66. The smallest absolute Gasteiger partial charge is 0.241 e. The highest BCUT2D eigenvalue weighted by Crippen LogP contribution is 2.26. The number of carbonyl (C=O) groups is 1. The fraction of sp³-hybridized carbons (Fsp3) is 0.409. The maximum absolute atomic E-state index is 13.2. The number of rotatable bonds is 4. The molecule has 5 rings (SSSR count). The monoisotopic (exact) mass is 408 g/mol. The highest BCUT2D eigenvalue weighted by atomic mass is 32.1. The second-order valence-corrected chi connectivity index (χ2v) is 8.79. The minimum atomic E-state index is 0.0497. The fourth-order valence-electron chi connectivity index (χ4n) is 4.36. The molecule has 0 spiro atoms. The van der Waals surface area contributed by atoms with Crippen LogP contribution in [0.1, 0.15) is 29.9 Å². The molecule has 0 N–H and O–H groups in total. The van der Waals surface area contributed by atoms with E-state index in [1.165, 1.54) is 11.1 Å². The number of hydrogen-bond acceptors (Lipinski definition) is 6. The first-order chi connectivity index (χ1) is 14.3. The van der Waals surface area contributed by atoms with Gasteiger partial charge in [0.2, 0.25) is 17.6 Å². The maximum atomic E-state index is 13.2. The van der Waals surface area contributed by atoms with Crippen LogP contribution in [0.15, 0.2) is 46.3 Å². The van der Waals surface area contributed by atoms with Crippen molar-refractivity contribution in [3.8, 4) is 10.7 Å². The summed E-state index contributed by atoms with van der Waals surface area (Å²) in [6, 6.07) is 12.4. The molecule has 0 aliphatic carbocycles. The summed E-state index contributed by atoms with van der Waals surface area (Å²) < 4.78 is 5.45. The van der Waals surface area contributed by atoms with Crippen molar-refractivity contribution in [1.29, 1.82) is 0 Å². The first-order valence-corrected chi connectivity index (χ1v) is 11.1. The van der Waals surface area contributed by atoms with Crippen LogP contribution in [-0.4, -0.2) is 45.5 Å². The first kappa shape index (κ1) is 18.5. The minimum Gasteiger partial charge on any atom is -0.338 e. The minimum absolute atomic E-state index is 0.0497. The van der Waals surface area contributed by atoms with Crippen LogP contribution in [0.5, 0.6) is 0 Å². The SMILES string of the molecule is O=C(C1CCCN(Cc2nc(-c3cccs3)no2)C1)N1CCc2ccccc2C1. The van der Waals surface area contributed by atoms with Gasteiger partial charge in [0.05, 0.1) is 17.3 Å². The van der Waals surface area contributed by atoms with Gasteiger partial charge in [-0.25, -0.2) is 0 Å². The standard InChI is InChI=1S/C22H24N4O2S/c27-22(26-11-9-16-5-1-2-6-17(16)14-26)18-7-3-10-25(13-18)15-20-23-21(24-28-20)19-8-4-12-29-19/h1-2,4-6,8,12,18H,3,7,9-11,13-15H2. The summed E-state index contributed by atoms with van der Waals surface area (Å²) in [6.45, 7) is 3.88. The van der Waals surface area contributed by atoms with Gasteiger partial charge < -0.3 is 9.42 Å². The summed E-state index contributed by atoms with van der Waals surface area (Å²) in [5, 5.41) is 6.10. The maximum Gasteiger partial charge on any atom is 0.241 e. The number of carbonyl (C=O) groups excluding carboxylic acids is 1. The molecular weight excluding hydrogens is 384 g/mol. The number of benzene rings is 1. The predicted molar refractivity (Wildman–Crippen MR) is 111 cm³/mol. The molecule has 2 aromatic heterocycles. The Morgan fingerprint density at radius 1 is 1.17 bits per heavy atom. The molecule has 29 heavy (non-hydrogen) atoms. The number of fused-ring (bicyclic) bond motifs is 1. The zero-order valence-electron chi connectivity index (χ0n) is 16.3. The number of amides is 1. The van der Waals surface area contributed by atoms with Crippen LogP contribution in [0.25, 0.3) is 10.7 Å². The van der Waals surface area contributed by atoms with Gasteiger partial charge in [-0.05, 0) is 48.4 Å². The number of hydrogen-bond donors (Lipinski definition) is 0. The van der Waals surface area contributed by atoms with Crippen LogP contribution in [0.3, 0.4) is 0 Å². The van der Waals surface area contributed by atoms with Crippen LogP contribution in [0.2, 0.25) is 0 Å². The van der Waals surface area contributed by atoms with E-state index < -0.39 is 0 Å². The molecule has 0 saturated carbocycles. The summed E-state index contributed by atoms with van der Waals surface area (Å²) >= 11 is 1.60. The van der Waals surface area contributed by atoms with Gasteiger partial charge in [0.1, 0.15) is 0 Å². The van der Waals surface area contributed by atoms with Crippen LogP contribution in [0, 0.1) is 5.92 Å². The number of piperidine rings is 1. The summed E-state index contributed by atoms with van der Waals surface area (Å²) in [5.74, 6) is 1.60. The molecule has 1 aromatic carbocycles. The van der Waals surface area contributed by atoms with Gasteiger partial charge in [-0.3, -0.25) is 9.69 Å². The Bertz CT molecular complexity index is 984. The molecule has 150 valence electrons. The first-order valence-electron chi connectivity index (χ1n) is 10.2. The number of nitrogens with zero attached hydrogens (tertiary/aromatic N) is 4. The molecule has 7 heteroatoms. The van der Waals surface area contributed by atoms with Crippen LogP contribution >= 0.6 is 11.3 Å². The number of likely N-dealkylation sites (tertiary alicyclic amines) is 1. The van der Waals surface area contributed by atoms with Gasteiger partial charge in [-0.15, -0.1) is 11.3 Å². The average molecular weight is 409 g/mol. The highest BCUT2D eigenvalue weighted by molar-refractivity contribution is 7.13. The summed E-state index contributed by atoms with van der Waals surface area (Å²) in [4.78, 5) is 23.0. The Kier molecular flexibility index (Phi) is 5.16. The molecule has 0 radical (unpaired) electrons. The Morgan fingerprint density at radius 3 is 2.93 bits per heavy atom. The van der Waals surface area contributed by atoms with Crippen LogP contribution in [0.4, 0.5) is 0 Å². The highest BCUT2D eigenvalue weighted by Gasteiger charge is 2.31. The molecular formula is C22H24N4O2S. The quantitative estimate of drug-likeness (QED) is 0.660. The number of aromatic nitrogens is 2. The Balaban J connectivity index is 1.21. The number of thiophene rings is 1. The lowest BCUT2D eigenvalue weighted by molar-refractivity contribution is -0.138. The zero-order chi connectivity index (χ0) is 19.6. The Labute approximate surface area is 174 Å². The van der Waals surface area contributed by atoms with E-state index in [0.717, 1.165) is 50.3 Å². The Hall–Kier alpha value is -2.51. The van der Waals surface area contributed by atoms with Crippen molar-refractivity contribution in [2.45, 2.75) is 32.4 Å². The third-order valence-electron chi connectivity index (χ3n) is 5.87. The largest absolute Gasteiger partial charge is 0.338 e. The lowest BCUT2D eigenvalue weighted by Crippen LogP contribution is -2.46. The van der Waals surface area contributed by atoms with Gasteiger partial charge in [0, 0.05) is 19.6 Å². The third-order valence-corrected chi connectivity index (χ3v) is 6.73. The molecule has 2 aliphatic heterocycles. The van der Waals surface area contributed by atoms with Crippen LogP contribution in [-0.2, 0) is 24.3 Å². The van der Waals surface area contributed by atoms with E-state index >= 15 is 0 Å². The molecule has 1 amide bonds. The third kappa shape index (κ3) is 3.97. The van der Waals surface area contributed by atoms with Crippen molar-refractivity contribution in [2.75, 3.05) is 19.6 Å². The lowest BCUT2D eigenvalue weighted by atomic mass is 9.94. The molecule has 1 atom stereocenters. The second kappa shape index (κ2) is 8.08. The van der Waals surface area contributed by atoms with Gasteiger partial charge in [0.25, 0.3) is 0 Å². The summed E-state index contributed by atoms with van der Waals surface area (Å²) in [7, 11) is 0. The van der Waals surface area contributed by atoms with E-state index in [1.54, 1.807) is 11.3 Å². The molecule has 4 heterocycles. The van der Waals surface area contributed by atoms with Crippen molar-refractivity contribution < 1.29 is 9.32 Å². The summed E-state index contributed by atoms with van der Waals surface area (Å²) in [6.07, 6.45) is 2.93. The van der Waals surface area contributed by atoms with Gasteiger partial charge in [-0.2, -0.15) is 4.98 Å². The average Bonchev–Trinajstić information content (AvgIpc) is 3.45. The zero-order valence-corrected chi connectivity index (χ0v) is 17.1. The van der Waals surface area contributed by atoms with Crippen molar-refractivity contribution in [3.05, 3.63) is 58.8 Å². The fourth-order valence-corrected chi connectivity index (χ4v) is 5.01. The van der Waals surface area contributed by atoms with E-state index in [1.807, 2.05) is 22.4 Å². The van der Waals surface area contributed by atoms with Gasteiger partial charge >= 0.3 is 0 Å². The van der Waals surface area contributed by atoms with E-state index in [9.17, 15) is 4.79 Å². The van der Waals surface area contributed by atoms with Gasteiger partial charge in [0.15, 0.2) is 0 Å². The molecule has 0 bridgehead atoms. The Morgan fingerprint density at radius 2 is 2.07 bits per heavy atom. The molecule has 3 aromatic rings. The topological polar surface area (TPSA) is 62.5 Å². The molecule has 1 fully saturated rings. The molecule has 1 unspecified atom stereocenters. The van der Waals surface area contributed by atoms with Crippen molar-refractivity contribution in [1.82, 2.24) is 19.9 Å². The second-order valence-electron chi connectivity index (χ2n) is 7.84.